The van der Waals surface area contributed by atoms with E-state index in [2.05, 4.69) is 15.3 Å². The predicted molar refractivity (Wildman–Crippen MR) is 77.0 cm³/mol. The van der Waals surface area contributed by atoms with Gasteiger partial charge in [-0.15, -0.1) is 0 Å². The minimum atomic E-state index is -0.484. The van der Waals surface area contributed by atoms with Gasteiger partial charge in [0, 0.05) is 13.1 Å². The van der Waals surface area contributed by atoms with Crippen molar-refractivity contribution in [2.24, 2.45) is 0 Å². The predicted octanol–water partition coefficient (Wildman–Crippen LogP) is 2.23. The van der Waals surface area contributed by atoms with E-state index >= 15 is 0 Å². The van der Waals surface area contributed by atoms with Crippen LogP contribution in [0.5, 0.6) is 0 Å². The number of anilines is 1. The van der Waals surface area contributed by atoms with Gasteiger partial charge in [0.2, 0.25) is 5.95 Å². The van der Waals surface area contributed by atoms with Gasteiger partial charge in [-0.25, -0.2) is 14.8 Å². The first kappa shape index (κ1) is 14.8. The summed E-state index contributed by atoms with van der Waals surface area (Å²) < 4.78 is 5.24. The number of rotatable bonds is 2. The van der Waals surface area contributed by atoms with E-state index in [4.69, 9.17) is 16.3 Å². The Morgan fingerprint density at radius 1 is 1.45 bits per heavy atom. The number of aromatic nitrogens is 2. The van der Waals surface area contributed by atoms with Crippen molar-refractivity contribution in [3.05, 3.63) is 17.4 Å². The lowest BCUT2D eigenvalue weighted by atomic mass is 10.2. The topological polar surface area (TPSA) is 67.3 Å². The molecule has 0 bridgehead atoms. The standard InChI is InChI=1S/C13H19ClN4O2/c1-13(2,3)20-12(19)17-10-4-5-18(8-10)11-15-6-9(14)7-16-11/h6-7,10H,4-5,8H2,1-3H3,(H,17,19). The minimum Gasteiger partial charge on any atom is -0.444 e. The first-order chi connectivity index (χ1) is 9.33. The second-order valence-electron chi connectivity index (χ2n) is 5.78. The molecule has 1 atom stereocenters. The molecular weight excluding hydrogens is 280 g/mol. The van der Waals surface area contributed by atoms with Crippen LogP contribution in [0.4, 0.5) is 10.7 Å². The highest BCUT2D eigenvalue weighted by atomic mass is 35.5. The molecule has 0 aliphatic carbocycles. The van der Waals surface area contributed by atoms with Crippen molar-refractivity contribution < 1.29 is 9.53 Å². The Morgan fingerprint density at radius 3 is 2.70 bits per heavy atom. The van der Waals surface area contributed by atoms with Gasteiger partial charge in [-0.05, 0) is 27.2 Å². The van der Waals surface area contributed by atoms with E-state index in [1.54, 1.807) is 12.4 Å². The van der Waals surface area contributed by atoms with Gasteiger partial charge < -0.3 is 15.0 Å². The quantitative estimate of drug-likeness (QED) is 0.907. The molecule has 0 saturated carbocycles. The van der Waals surface area contributed by atoms with E-state index in [0.29, 0.717) is 17.5 Å². The van der Waals surface area contributed by atoms with Crippen molar-refractivity contribution in [2.45, 2.75) is 38.8 Å². The zero-order chi connectivity index (χ0) is 14.8. The fourth-order valence-corrected chi connectivity index (χ4v) is 2.10. The number of alkyl carbamates (subject to hydrolysis) is 1. The molecule has 2 heterocycles. The molecule has 1 N–H and O–H groups in total. The third-order valence-corrected chi connectivity index (χ3v) is 2.99. The number of hydrogen-bond donors (Lipinski definition) is 1. The fourth-order valence-electron chi connectivity index (χ4n) is 2.00. The van der Waals surface area contributed by atoms with Gasteiger partial charge in [0.25, 0.3) is 0 Å². The van der Waals surface area contributed by atoms with Gasteiger partial charge in [0.05, 0.1) is 23.5 Å². The van der Waals surface area contributed by atoms with Crippen molar-refractivity contribution in [1.29, 1.82) is 0 Å². The third-order valence-electron chi connectivity index (χ3n) is 2.80. The summed E-state index contributed by atoms with van der Waals surface area (Å²) in [5.74, 6) is 0.628. The lowest BCUT2D eigenvalue weighted by Crippen LogP contribution is -2.40. The number of amides is 1. The van der Waals surface area contributed by atoms with E-state index in [1.165, 1.54) is 0 Å². The van der Waals surface area contributed by atoms with Crippen LogP contribution >= 0.6 is 11.6 Å². The highest BCUT2D eigenvalue weighted by molar-refractivity contribution is 6.30. The Bertz CT molecular complexity index is 472. The maximum atomic E-state index is 11.7. The number of nitrogens with one attached hydrogen (secondary N) is 1. The molecular formula is C13H19ClN4O2. The van der Waals surface area contributed by atoms with Gasteiger partial charge in [-0.1, -0.05) is 11.6 Å². The van der Waals surface area contributed by atoms with Crippen LogP contribution in [0.15, 0.2) is 12.4 Å². The van der Waals surface area contributed by atoms with Crippen LogP contribution in [0.1, 0.15) is 27.2 Å². The summed E-state index contributed by atoms with van der Waals surface area (Å²) in [6.45, 7) is 6.99. The summed E-state index contributed by atoms with van der Waals surface area (Å²) in [5.41, 5.74) is -0.484. The first-order valence-corrected chi connectivity index (χ1v) is 6.93. The third kappa shape index (κ3) is 4.23. The molecule has 1 aliphatic heterocycles. The molecule has 1 saturated heterocycles. The Labute approximate surface area is 123 Å². The Hall–Kier alpha value is -1.56. The Balaban J connectivity index is 1.86. The SMILES string of the molecule is CC(C)(C)OC(=O)NC1CCN(c2ncc(Cl)cn2)C1. The molecule has 0 spiro atoms. The van der Waals surface area contributed by atoms with Crippen molar-refractivity contribution in [2.75, 3.05) is 18.0 Å². The molecule has 2 rings (SSSR count). The lowest BCUT2D eigenvalue weighted by Gasteiger charge is -2.22. The van der Waals surface area contributed by atoms with Gasteiger partial charge in [0.1, 0.15) is 5.60 Å². The van der Waals surface area contributed by atoms with Crippen LogP contribution in [0, 0.1) is 0 Å². The summed E-state index contributed by atoms with van der Waals surface area (Å²) in [6, 6.07) is 0.0455. The largest absolute Gasteiger partial charge is 0.444 e. The number of carbonyl (C=O) groups is 1. The second kappa shape index (κ2) is 5.83. The normalized spacial score (nSPS) is 19.0. The molecule has 0 radical (unpaired) electrons. The lowest BCUT2D eigenvalue weighted by molar-refractivity contribution is 0.0509. The van der Waals surface area contributed by atoms with E-state index in [-0.39, 0.29) is 12.1 Å². The summed E-state index contributed by atoms with van der Waals surface area (Å²) in [7, 11) is 0. The van der Waals surface area contributed by atoms with Crippen LogP contribution in [-0.2, 0) is 4.74 Å². The average molecular weight is 299 g/mol. The monoisotopic (exact) mass is 298 g/mol. The van der Waals surface area contributed by atoms with Crippen LogP contribution in [0.25, 0.3) is 0 Å². The highest BCUT2D eigenvalue weighted by Crippen LogP contribution is 2.17. The number of carbonyl (C=O) groups excluding carboxylic acids is 1. The van der Waals surface area contributed by atoms with E-state index < -0.39 is 5.60 Å². The molecule has 1 aromatic rings. The zero-order valence-corrected chi connectivity index (χ0v) is 12.6. The molecule has 7 heteroatoms. The molecule has 1 aliphatic rings. The maximum Gasteiger partial charge on any atom is 0.407 e. The van der Waals surface area contributed by atoms with Gasteiger partial charge in [-0.2, -0.15) is 0 Å². The molecule has 1 fully saturated rings. The fraction of sp³-hybridized carbons (Fsp3) is 0.615. The van der Waals surface area contributed by atoms with Crippen molar-refractivity contribution in [3.8, 4) is 0 Å². The number of nitrogens with zero attached hydrogens (tertiary/aromatic N) is 3. The maximum absolute atomic E-state index is 11.7. The van der Waals surface area contributed by atoms with Gasteiger partial charge in [-0.3, -0.25) is 0 Å². The van der Waals surface area contributed by atoms with Crippen LogP contribution in [-0.4, -0.2) is 40.8 Å². The van der Waals surface area contributed by atoms with E-state index in [1.807, 2.05) is 25.7 Å². The molecule has 20 heavy (non-hydrogen) atoms. The molecule has 1 amide bonds. The van der Waals surface area contributed by atoms with E-state index in [0.717, 1.165) is 13.0 Å². The average Bonchev–Trinajstić information content (AvgIpc) is 2.75. The first-order valence-electron chi connectivity index (χ1n) is 6.55. The summed E-state index contributed by atoms with van der Waals surface area (Å²) in [5, 5.41) is 3.37. The summed E-state index contributed by atoms with van der Waals surface area (Å²) in [6.07, 6.45) is 3.59. The van der Waals surface area contributed by atoms with Crippen molar-refractivity contribution in [3.63, 3.8) is 0 Å². The second-order valence-corrected chi connectivity index (χ2v) is 6.22. The van der Waals surface area contributed by atoms with Gasteiger partial charge >= 0.3 is 6.09 Å². The van der Waals surface area contributed by atoms with Crippen molar-refractivity contribution in [1.82, 2.24) is 15.3 Å². The molecule has 6 nitrogen and oxygen atoms in total. The summed E-state index contributed by atoms with van der Waals surface area (Å²) >= 11 is 5.76. The minimum absolute atomic E-state index is 0.0455. The van der Waals surface area contributed by atoms with Crippen molar-refractivity contribution >= 4 is 23.6 Å². The van der Waals surface area contributed by atoms with E-state index in [9.17, 15) is 4.79 Å². The molecule has 110 valence electrons. The highest BCUT2D eigenvalue weighted by Gasteiger charge is 2.27. The Morgan fingerprint density at radius 2 is 2.10 bits per heavy atom. The Kier molecular flexibility index (Phi) is 4.32. The number of ether oxygens (including phenoxy) is 1. The molecule has 1 aromatic heterocycles. The summed E-state index contributed by atoms with van der Waals surface area (Å²) in [4.78, 5) is 22.1. The van der Waals surface area contributed by atoms with Crippen LogP contribution < -0.4 is 10.2 Å². The van der Waals surface area contributed by atoms with Gasteiger partial charge in [0.15, 0.2) is 0 Å². The molecule has 0 aromatic carbocycles. The molecule has 1 unspecified atom stereocenters. The zero-order valence-electron chi connectivity index (χ0n) is 11.9. The number of halogens is 1. The van der Waals surface area contributed by atoms with Crippen LogP contribution in [0.3, 0.4) is 0 Å². The number of hydrogen-bond acceptors (Lipinski definition) is 5. The van der Waals surface area contributed by atoms with Crippen LogP contribution in [0.2, 0.25) is 5.02 Å². The smallest absolute Gasteiger partial charge is 0.407 e.